The summed E-state index contributed by atoms with van der Waals surface area (Å²) in [6, 6.07) is 9.24. The van der Waals surface area contributed by atoms with Crippen molar-refractivity contribution in [1.82, 2.24) is 5.01 Å². The first-order valence-electron chi connectivity index (χ1n) is 5.86. The van der Waals surface area contributed by atoms with E-state index in [0.29, 0.717) is 6.42 Å². The molecule has 1 aliphatic heterocycles. The second kappa shape index (κ2) is 5.48. The molecule has 0 bridgehead atoms. The molecule has 0 aliphatic carbocycles. The number of carbonyl (C=O) groups is 1. The number of carboxylic acids is 1. The van der Waals surface area contributed by atoms with E-state index < -0.39 is 12.0 Å². The number of rotatable bonds is 3. The van der Waals surface area contributed by atoms with Crippen LogP contribution in [-0.2, 0) is 4.79 Å². The Hall–Kier alpha value is -1.84. The summed E-state index contributed by atoms with van der Waals surface area (Å²) >= 11 is 0. The minimum Gasteiger partial charge on any atom is -0.480 e. The van der Waals surface area contributed by atoms with Gasteiger partial charge in [-0.2, -0.15) is 5.10 Å². The van der Waals surface area contributed by atoms with E-state index in [2.05, 4.69) is 5.10 Å². The van der Waals surface area contributed by atoms with Crippen molar-refractivity contribution in [2.45, 2.75) is 25.3 Å². The summed E-state index contributed by atoms with van der Waals surface area (Å²) < 4.78 is 0. The van der Waals surface area contributed by atoms with Gasteiger partial charge in [0.25, 0.3) is 0 Å². The van der Waals surface area contributed by atoms with Crippen molar-refractivity contribution in [2.75, 3.05) is 6.54 Å². The smallest absolute Gasteiger partial charge is 0.328 e. The van der Waals surface area contributed by atoms with E-state index in [1.807, 2.05) is 30.3 Å². The number of hydrogen-bond acceptors (Lipinski definition) is 3. The lowest BCUT2D eigenvalue weighted by atomic mass is 10.0. The number of carboxylic acid groups (broad SMARTS) is 1. The molecule has 1 heterocycles. The van der Waals surface area contributed by atoms with Crippen LogP contribution in [0.5, 0.6) is 0 Å². The molecule has 0 saturated carbocycles. The van der Waals surface area contributed by atoms with E-state index in [-0.39, 0.29) is 0 Å². The first kappa shape index (κ1) is 11.6. The van der Waals surface area contributed by atoms with Crippen LogP contribution >= 0.6 is 0 Å². The molecule has 0 aromatic heterocycles. The van der Waals surface area contributed by atoms with Crippen molar-refractivity contribution >= 4 is 12.2 Å². The number of hydrogen-bond donors (Lipinski definition) is 1. The van der Waals surface area contributed by atoms with Crippen LogP contribution < -0.4 is 0 Å². The predicted octanol–water partition coefficient (Wildman–Crippen LogP) is 1.96. The fourth-order valence-electron chi connectivity index (χ4n) is 1.99. The zero-order valence-electron chi connectivity index (χ0n) is 9.62. The second-order valence-electron chi connectivity index (χ2n) is 4.17. The van der Waals surface area contributed by atoms with Gasteiger partial charge in [0, 0.05) is 6.54 Å². The van der Waals surface area contributed by atoms with Crippen molar-refractivity contribution < 1.29 is 9.90 Å². The van der Waals surface area contributed by atoms with Crippen LogP contribution in [0.25, 0.3) is 0 Å². The van der Waals surface area contributed by atoms with Gasteiger partial charge < -0.3 is 5.11 Å². The molecular weight excluding hydrogens is 216 g/mol. The third-order valence-corrected chi connectivity index (χ3v) is 2.91. The summed E-state index contributed by atoms with van der Waals surface area (Å²) in [7, 11) is 0. The standard InChI is InChI=1S/C13H16N2O2/c16-13(17)12-8-4-5-9-15(12)14-10-11-6-2-1-3-7-11/h1-3,6-7,10,12H,4-5,8-9H2,(H,16,17)/b14-10-/t12-/m1/s1. The summed E-state index contributed by atoms with van der Waals surface area (Å²) in [6.07, 6.45) is 4.38. The fraction of sp³-hybridized carbons (Fsp3) is 0.385. The first-order chi connectivity index (χ1) is 8.27. The Kier molecular flexibility index (Phi) is 3.75. The molecule has 1 fully saturated rings. The molecule has 1 aromatic rings. The van der Waals surface area contributed by atoms with Gasteiger partial charge in [0.1, 0.15) is 6.04 Å². The minimum absolute atomic E-state index is 0.469. The Morgan fingerprint density at radius 2 is 2.12 bits per heavy atom. The lowest BCUT2D eigenvalue weighted by Crippen LogP contribution is -2.41. The van der Waals surface area contributed by atoms with E-state index in [1.165, 1.54) is 0 Å². The van der Waals surface area contributed by atoms with Crippen LogP contribution in [0.2, 0.25) is 0 Å². The summed E-state index contributed by atoms with van der Waals surface area (Å²) in [4.78, 5) is 11.1. The lowest BCUT2D eigenvalue weighted by molar-refractivity contribution is -0.144. The Balaban J connectivity index is 2.06. The highest BCUT2D eigenvalue weighted by atomic mass is 16.4. The molecular formula is C13H16N2O2. The fourth-order valence-corrected chi connectivity index (χ4v) is 1.99. The topological polar surface area (TPSA) is 52.9 Å². The highest BCUT2D eigenvalue weighted by Crippen LogP contribution is 2.17. The van der Waals surface area contributed by atoms with Crippen LogP contribution in [0.1, 0.15) is 24.8 Å². The Morgan fingerprint density at radius 3 is 2.82 bits per heavy atom. The zero-order chi connectivity index (χ0) is 12.1. The van der Waals surface area contributed by atoms with Crippen LogP contribution in [0.4, 0.5) is 0 Å². The highest BCUT2D eigenvalue weighted by molar-refractivity contribution is 5.79. The summed E-state index contributed by atoms with van der Waals surface area (Å²) in [5.41, 5.74) is 0.988. The summed E-state index contributed by atoms with van der Waals surface area (Å²) in [5.74, 6) is -0.782. The zero-order valence-corrected chi connectivity index (χ0v) is 9.62. The molecule has 1 N–H and O–H groups in total. The first-order valence-corrected chi connectivity index (χ1v) is 5.86. The molecule has 0 spiro atoms. The largest absolute Gasteiger partial charge is 0.480 e. The molecule has 4 nitrogen and oxygen atoms in total. The molecule has 0 unspecified atom stereocenters. The third-order valence-electron chi connectivity index (χ3n) is 2.91. The molecule has 1 atom stereocenters. The number of aliphatic carboxylic acids is 1. The average molecular weight is 232 g/mol. The van der Waals surface area contributed by atoms with Gasteiger partial charge in [0.15, 0.2) is 0 Å². The molecule has 1 aromatic carbocycles. The van der Waals surface area contributed by atoms with E-state index in [9.17, 15) is 4.79 Å². The quantitative estimate of drug-likeness (QED) is 0.810. The van der Waals surface area contributed by atoms with Crippen molar-refractivity contribution in [3.8, 4) is 0 Å². The number of benzene rings is 1. The SMILES string of the molecule is O=C(O)[C@H]1CCCCN1/N=C\c1ccccc1. The maximum atomic E-state index is 11.1. The monoisotopic (exact) mass is 232 g/mol. The van der Waals surface area contributed by atoms with Gasteiger partial charge in [-0.15, -0.1) is 0 Å². The molecule has 0 radical (unpaired) electrons. The van der Waals surface area contributed by atoms with E-state index in [0.717, 1.165) is 24.9 Å². The minimum atomic E-state index is -0.782. The van der Waals surface area contributed by atoms with Crippen molar-refractivity contribution in [2.24, 2.45) is 5.10 Å². The van der Waals surface area contributed by atoms with E-state index in [1.54, 1.807) is 11.2 Å². The van der Waals surface area contributed by atoms with E-state index in [4.69, 9.17) is 5.11 Å². The van der Waals surface area contributed by atoms with Gasteiger partial charge in [-0.3, -0.25) is 5.01 Å². The maximum Gasteiger partial charge on any atom is 0.328 e. The molecule has 90 valence electrons. The van der Waals surface area contributed by atoms with Gasteiger partial charge in [-0.25, -0.2) is 4.79 Å². The number of hydrazone groups is 1. The van der Waals surface area contributed by atoms with Crippen molar-refractivity contribution in [1.29, 1.82) is 0 Å². The molecule has 1 saturated heterocycles. The average Bonchev–Trinajstić information content (AvgIpc) is 2.38. The second-order valence-corrected chi connectivity index (χ2v) is 4.17. The molecule has 0 amide bonds. The lowest BCUT2D eigenvalue weighted by Gasteiger charge is -2.30. The van der Waals surface area contributed by atoms with Gasteiger partial charge in [-0.05, 0) is 24.8 Å². The Morgan fingerprint density at radius 1 is 1.35 bits per heavy atom. The highest BCUT2D eigenvalue weighted by Gasteiger charge is 2.26. The van der Waals surface area contributed by atoms with Gasteiger partial charge in [0.2, 0.25) is 0 Å². The molecule has 4 heteroatoms. The van der Waals surface area contributed by atoms with Crippen LogP contribution in [0.15, 0.2) is 35.4 Å². The van der Waals surface area contributed by atoms with Gasteiger partial charge >= 0.3 is 5.97 Å². The summed E-state index contributed by atoms with van der Waals surface area (Å²) in [5, 5.41) is 15.1. The van der Waals surface area contributed by atoms with Crippen molar-refractivity contribution in [3.63, 3.8) is 0 Å². The predicted molar refractivity (Wildman–Crippen MR) is 66.0 cm³/mol. The van der Waals surface area contributed by atoms with Gasteiger partial charge in [0.05, 0.1) is 6.21 Å². The number of piperidine rings is 1. The maximum absolute atomic E-state index is 11.1. The molecule has 2 rings (SSSR count). The number of nitrogens with zero attached hydrogens (tertiary/aromatic N) is 2. The Bertz CT molecular complexity index is 403. The molecule has 1 aliphatic rings. The molecule has 17 heavy (non-hydrogen) atoms. The van der Waals surface area contributed by atoms with Crippen LogP contribution in [-0.4, -0.2) is 34.9 Å². The summed E-state index contributed by atoms with van der Waals surface area (Å²) in [6.45, 7) is 0.723. The van der Waals surface area contributed by atoms with Crippen molar-refractivity contribution in [3.05, 3.63) is 35.9 Å². The van der Waals surface area contributed by atoms with Crippen LogP contribution in [0, 0.1) is 0 Å². The van der Waals surface area contributed by atoms with E-state index >= 15 is 0 Å². The van der Waals surface area contributed by atoms with Crippen LogP contribution in [0.3, 0.4) is 0 Å². The third kappa shape index (κ3) is 3.06. The van der Waals surface area contributed by atoms with Gasteiger partial charge in [-0.1, -0.05) is 30.3 Å². The normalized spacial score (nSPS) is 20.7. The Labute approximate surface area is 101 Å².